The number of aliphatic hydroxyl groups is 1. The third-order valence-corrected chi connectivity index (χ3v) is 6.78. The zero-order valence-corrected chi connectivity index (χ0v) is 20.4. The van der Waals surface area contributed by atoms with Crippen molar-refractivity contribution in [3.63, 3.8) is 0 Å². The molecule has 0 radical (unpaired) electrons. The predicted octanol–water partition coefficient (Wildman–Crippen LogP) is 7.79. The second-order valence-electron chi connectivity index (χ2n) is 9.70. The summed E-state index contributed by atoms with van der Waals surface area (Å²) in [6.45, 7) is 3.97. The number of unbranched alkanes of at least 4 members (excludes halogenated alkanes) is 18. The highest BCUT2D eigenvalue weighted by Gasteiger charge is 2.23. The van der Waals surface area contributed by atoms with Gasteiger partial charge in [-0.15, -0.1) is 0 Å². The van der Waals surface area contributed by atoms with E-state index in [1.165, 1.54) is 109 Å². The Morgan fingerprint density at radius 1 is 0.633 bits per heavy atom. The molecule has 1 heterocycles. The first kappa shape index (κ1) is 27.5. The van der Waals surface area contributed by atoms with Crippen molar-refractivity contribution in [1.29, 1.82) is 0 Å². The van der Waals surface area contributed by atoms with E-state index in [4.69, 9.17) is 0 Å². The second-order valence-corrected chi connectivity index (χ2v) is 9.70. The minimum Gasteiger partial charge on any atom is -0.383 e. The molecular formula is C27H53NO2. The van der Waals surface area contributed by atoms with Gasteiger partial charge in [0.15, 0.2) is 0 Å². The predicted molar refractivity (Wildman–Crippen MR) is 130 cm³/mol. The van der Waals surface area contributed by atoms with Gasteiger partial charge < -0.3 is 10.0 Å². The summed E-state index contributed by atoms with van der Waals surface area (Å²) < 4.78 is 0. The van der Waals surface area contributed by atoms with Gasteiger partial charge in [0.2, 0.25) is 0 Å². The van der Waals surface area contributed by atoms with Crippen molar-refractivity contribution < 1.29 is 9.90 Å². The Morgan fingerprint density at radius 3 is 1.33 bits per heavy atom. The van der Waals surface area contributed by atoms with Crippen molar-refractivity contribution in [1.82, 2.24) is 4.90 Å². The van der Waals surface area contributed by atoms with E-state index in [1.807, 2.05) is 4.90 Å². The van der Waals surface area contributed by atoms with E-state index in [-0.39, 0.29) is 5.91 Å². The Kier molecular flexibility index (Phi) is 18.6. The van der Waals surface area contributed by atoms with Crippen molar-refractivity contribution in [2.45, 2.75) is 154 Å². The fraction of sp³-hybridized carbons (Fsp3) is 0.963. The normalized spacial score (nSPS) is 15.1. The van der Waals surface area contributed by atoms with Gasteiger partial charge in [0.25, 0.3) is 5.91 Å². The molecule has 30 heavy (non-hydrogen) atoms. The van der Waals surface area contributed by atoms with Gasteiger partial charge in [-0.25, -0.2) is 0 Å². The van der Waals surface area contributed by atoms with Crippen molar-refractivity contribution in [2.75, 3.05) is 13.1 Å². The van der Waals surface area contributed by atoms with E-state index in [9.17, 15) is 9.90 Å². The molecule has 178 valence electrons. The van der Waals surface area contributed by atoms with Crippen LogP contribution < -0.4 is 0 Å². The lowest BCUT2D eigenvalue weighted by atomic mass is 10.0. The molecule has 1 saturated heterocycles. The summed E-state index contributed by atoms with van der Waals surface area (Å²) in [5.74, 6) is -0.0325. The van der Waals surface area contributed by atoms with Crippen molar-refractivity contribution >= 4 is 5.91 Å². The molecular weight excluding hydrogens is 370 g/mol. The fourth-order valence-electron chi connectivity index (χ4n) is 4.69. The molecule has 0 aromatic carbocycles. The van der Waals surface area contributed by atoms with E-state index < -0.39 is 6.10 Å². The number of nitrogens with zero attached hydrogens (tertiary/aromatic N) is 1. The van der Waals surface area contributed by atoms with Crippen LogP contribution in [0.2, 0.25) is 0 Å². The first-order valence-electron chi connectivity index (χ1n) is 13.7. The highest BCUT2D eigenvalue weighted by molar-refractivity contribution is 5.80. The standard InChI is InChI=1S/C27H53NO2/c1-2-3-4-5-6-7-8-9-10-11-12-13-14-15-16-17-18-19-20-23-26(29)27(30)28-24-21-22-25-28/h26,29H,2-25H2,1H3. The molecule has 1 aliphatic rings. The average molecular weight is 424 g/mol. The molecule has 0 saturated carbocycles. The van der Waals surface area contributed by atoms with E-state index >= 15 is 0 Å². The molecule has 1 aliphatic heterocycles. The van der Waals surface area contributed by atoms with E-state index in [1.54, 1.807) is 0 Å². The SMILES string of the molecule is CCCCCCCCCCCCCCCCCCCCCC(O)C(=O)N1CCCC1. The van der Waals surface area contributed by atoms with Crippen LogP contribution in [0.25, 0.3) is 0 Å². The number of aliphatic hydroxyl groups excluding tert-OH is 1. The summed E-state index contributed by atoms with van der Waals surface area (Å²) in [4.78, 5) is 13.9. The van der Waals surface area contributed by atoms with Gasteiger partial charge in [0.1, 0.15) is 6.10 Å². The summed E-state index contributed by atoms with van der Waals surface area (Å²) in [5.41, 5.74) is 0. The Labute approximate surface area is 188 Å². The third kappa shape index (κ3) is 15.3. The van der Waals surface area contributed by atoms with Gasteiger partial charge in [-0.2, -0.15) is 0 Å². The summed E-state index contributed by atoms with van der Waals surface area (Å²) in [7, 11) is 0. The molecule has 3 heteroatoms. The first-order valence-corrected chi connectivity index (χ1v) is 13.7. The van der Waals surface area contributed by atoms with Gasteiger partial charge in [-0.3, -0.25) is 4.79 Å². The van der Waals surface area contributed by atoms with Crippen molar-refractivity contribution in [2.24, 2.45) is 0 Å². The maximum absolute atomic E-state index is 12.0. The summed E-state index contributed by atoms with van der Waals surface area (Å²) in [5, 5.41) is 10.0. The van der Waals surface area contributed by atoms with Crippen LogP contribution in [0.3, 0.4) is 0 Å². The molecule has 1 rings (SSSR count). The topological polar surface area (TPSA) is 40.5 Å². The number of likely N-dealkylation sites (tertiary alicyclic amines) is 1. The number of hydrogen-bond acceptors (Lipinski definition) is 2. The number of hydrogen-bond donors (Lipinski definition) is 1. The number of amides is 1. The minimum atomic E-state index is -0.756. The smallest absolute Gasteiger partial charge is 0.251 e. The molecule has 0 aromatic rings. The lowest BCUT2D eigenvalue weighted by Gasteiger charge is -2.19. The average Bonchev–Trinajstić information content (AvgIpc) is 3.29. The summed E-state index contributed by atoms with van der Waals surface area (Å²) in [6, 6.07) is 0. The van der Waals surface area contributed by atoms with Crippen LogP contribution in [0.4, 0.5) is 0 Å². The van der Waals surface area contributed by atoms with Crippen molar-refractivity contribution in [3.05, 3.63) is 0 Å². The van der Waals surface area contributed by atoms with Gasteiger partial charge in [-0.05, 0) is 19.3 Å². The lowest BCUT2D eigenvalue weighted by Crippen LogP contribution is -2.37. The molecule has 1 amide bonds. The van der Waals surface area contributed by atoms with Crippen LogP contribution in [-0.2, 0) is 4.79 Å². The van der Waals surface area contributed by atoms with Crippen LogP contribution in [0.5, 0.6) is 0 Å². The van der Waals surface area contributed by atoms with Gasteiger partial charge in [-0.1, -0.05) is 129 Å². The molecule has 1 fully saturated rings. The van der Waals surface area contributed by atoms with E-state index in [0.29, 0.717) is 6.42 Å². The zero-order chi connectivity index (χ0) is 21.7. The zero-order valence-electron chi connectivity index (χ0n) is 20.4. The van der Waals surface area contributed by atoms with Gasteiger partial charge in [0.05, 0.1) is 0 Å². The highest BCUT2D eigenvalue weighted by Crippen LogP contribution is 2.16. The largest absolute Gasteiger partial charge is 0.383 e. The highest BCUT2D eigenvalue weighted by atomic mass is 16.3. The van der Waals surface area contributed by atoms with Crippen LogP contribution in [0.15, 0.2) is 0 Å². The maximum atomic E-state index is 12.0. The van der Waals surface area contributed by atoms with Crippen molar-refractivity contribution in [3.8, 4) is 0 Å². The Hall–Kier alpha value is -0.570. The Bertz CT molecular complexity index is 379. The molecule has 0 bridgehead atoms. The first-order chi connectivity index (χ1) is 14.8. The number of rotatable bonds is 21. The van der Waals surface area contributed by atoms with Crippen LogP contribution in [0, 0.1) is 0 Å². The van der Waals surface area contributed by atoms with Gasteiger partial charge >= 0.3 is 0 Å². The van der Waals surface area contributed by atoms with Crippen LogP contribution in [-0.4, -0.2) is 35.1 Å². The lowest BCUT2D eigenvalue weighted by molar-refractivity contribution is -0.139. The molecule has 0 aromatic heterocycles. The van der Waals surface area contributed by atoms with Gasteiger partial charge in [0, 0.05) is 13.1 Å². The molecule has 0 spiro atoms. The Morgan fingerprint density at radius 2 is 0.967 bits per heavy atom. The van der Waals surface area contributed by atoms with Crippen LogP contribution in [0.1, 0.15) is 148 Å². The Balaban J connectivity index is 1.72. The summed E-state index contributed by atoms with van der Waals surface area (Å²) >= 11 is 0. The summed E-state index contributed by atoms with van der Waals surface area (Å²) in [6.07, 6.45) is 28.2. The van der Waals surface area contributed by atoms with Crippen LogP contribution >= 0.6 is 0 Å². The van der Waals surface area contributed by atoms with E-state index in [0.717, 1.165) is 38.8 Å². The van der Waals surface area contributed by atoms with E-state index in [2.05, 4.69) is 6.92 Å². The molecule has 1 atom stereocenters. The minimum absolute atomic E-state index is 0.0325. The quantitative estimate of drug-likeness (QED) is 0.191. The number of carbonyl (C=O) groups is 1. The molecule has 1 N–H and O–H groups in total. The monoisotopic (exact) mass is 423 g/mol. The fourth-order valence-corrected chi connectivity index (χ4v) is 4.69. The molecule has 0 aliphatic carbocycles. The second kappa shape index (κ2) is 20.3. The molecule has 3 nitrogen and oxygen atoms in total. The molecule has 1 unspecified atom stereocenters. The third-order valence-electron chi connectivity index (χ3n) is 6.78. The maximum Gasteiger partial charge on any atom is 0.251 e. The number of carbonyl (C=O) groups excluding carboxylic acids is 1.